The topological polar surface area (TPSA) is 44.7 Å². The average Bonchev–Trinajstić information content (AvgIpc) is 2.88. The zero-order valence-electron chi connectivity index (χ0n) is 17.2. The number of carbonyl (C=O) groups excluding carboxylic acids is 1. The van der Waals surface area contributed by atoms with E-state index in [1.165, 1.54) is 6.08 Å². The third-order valence-electron chi connectivity index (χ3n) is 5.19. The molecular formula is C24H27N3O. The molecule has 4 heteroatoms. The number of nitrogens with zero attached hydrogens (tertiary/aromatic N) is 2. The molecule has 0 spiro atoms. The summed E-state index contributed by atoms with van der Waals surface area (Å²) < 4.78 is 0. The standard InChI is InChI=1S/C24H27N3O/c1-17-24(2,3)21-16-19(12-15-22(21)25-17)26-23(28)9-7-6-8-18-10-13-20(14-11-18)27(4)5/h6-16H,1-5H3,(H,26,28)/b8-6+,9-7+. The summed E-state index contributed by atoms with van der Waals surface area (Å²) in [7, 11) is 4.03. The molecule has 0 radical (unpaired) electrons. The van der Waals surface area contributed by atoms with Crippen LogP contribution < -0.4 is 10.2 Å². The van der Waals surface area contributed by atoms with Gasteiger partial charge in [-0.25, -0.2) is 0 Å². The van der Waals surface area contributed by atoms with Crippen LogP contribution >= 0.6 is 0 Å². The number of rotatable bonds is 5. The van der Waals surface area contributed by atoms with E-state index in [1.807, 2.05) is 51.4 Å². The molecule has 0 saturated carbocycles. The Balaban J connectivity index is 1.60. The molecule has 0 bridgehead atoms. The fourth-order valence-corrected chi connectivity index (χ4v) is 3.10. The van der Waals surface area contributed by atoms with Crippen LogP contribution in [0.5, 0.6) is 0 Å². The van der Waals surface area contributed by atoms with E-state index < -0.39 is 0 Å². The predicted octanol–water partition coefficient (Wildman–Crippen LogP) is 5.34. The summed E-state index contributed by atoms with van der Waals surface area (Å²) in [6, 6.07) is 14.1. The van der Waals surface area contributed by atoms with Gasteiger partial charge in [-0.15, -0.1) is 0 Å². The van der Waals surface area contributed by atoms with Gasteiger partial charge in [0.2, 0.25) is 5.91 Å². The van der Waals surface area contributed by atoms with Gasteiger partial charge >= 0.3 is 0 Å². The molecule has 1 N–H and O–H groups in total. The van der Waals surface area contributed by atoms with Gasteiger partial charge in [-0.3, -0.25) is 9.79 Å². The Kier molecular flexibility index (Phi) is 5.50. The second kappa shape index (κ2) is 7.85. The fourth-order valence-electron chi connectivity index (χ4n) is 3.10. The second-order valence-electron chi connectivity index (χ2n) is 7.75. The normalized spacial score (nSPS) is 15.0. The highest BCUT2D eigenvalue weighted by atomic mass is 16.1. The highest BCUT2D eigenvalue weighted by molar-refractivity contribution is 6.02. The number of amides is 1. The maximum absolute atomic E-state index is 12.2. The highest BCUT2D eigenvalue weighted by Gasteiger charge is 2.32. The van der Waals surface area contributed by atoms with Gasteiger partial charge in [0.1, 0.15) is 0 Å². The summed E-state index contributed by atoms with van der Waals surface area (Å²) in [5.41, 5.74) is 6.16. The summed E-state index contributed by atoms with van der Waals surface area (Å²) in [6.07, 6.45) is 7.12. The third-order valence-corrected chi connectivity index (χ3v) is 5.19. The number of anilines is 2. The number of carbonyl (C=O) groups is 1. The minimum Gasteiger partial charge on any atom is -0.378 e. The van der Waals surface area contributed by atoms with E-state index in [-0.39, 0.29) is 11.3 Å². The van der Waals surface area contributed by atoms with Crippen molar-refractivity contribution in [3.63, 3.8) is 0 Å². The minimum atomic E-state index is -0.152. The molecule has 1 aliphatic heterocycles. The van der Waals surface area contributed by atoms with E-state index in [9.17, 15) is 4.79 Å². The van der Waals surface area contributed by atoms with Gasteiger partial charge < -0.3 is 10.2 Å². The first-order chi connectivity index (χ1) is 13.3. The largest absolute Gasteiger partial charge is 0.378 e. The van der Waals surface area contributed by atoms with Crippen LogP contribution in [0.1, 0.15) is 31.9 Å². The van der Waals surface area contributed by atoms with E-state index in [2.05, 4.69) is 53.3 Å². The minimum absolute atomic E-state index is 0.100. The van der Waals surface area contributed by atoms with Gasteiger partial charge in [-0.1, -0.05) is 44.2 Å². The molecule has 1 heterocycles. The molecule has 0 saturated heterocycles. The quantitative estimate of drug-likeness (QED) is 0.567. The lowest BCUT2D eigenvalue weighted by Gasteiger charge is -2.20. The van der Waals surface area contributed by atoms with Crippen molar-refractivity contribution in [3.05, 3.63) is 71.8 Å². The summed E-state index contributed by atoms with van der Waals surface area (Å²) >= 11 is 0. The Bertz CT molecular complexity index is 964. The van der Waals surface area contributed by atoms with E-state index in [0.717, 1.165) is 33.9 Å². The van der Waals surface area contributed by atoms with Crippen molar-refractivity contribution in [3.8, 4) is 0 Å². The highest BCUT2D eigenvalue weighted by Crippen LogP contribution is 2.41. The van der Waals surface area contributed by atoms with Gasteiger partial charge in [0, 0.05) is 42.7 Å². The monoisotopic (exact) mass is 373 g/mol. The predicted molar refractivity (Wildman–Crippen MR) is 120 cm³/mol. The SMILES string of the molecule is CC1=Nc2ccc(NC(=O)/C=C/C=C/c3ccc(N(C)C)cc3)cc2C1(C)C. The Labute approximate surface area is 167 Å². The van der Waals surface area contributed by atoms with Crippen LogP contribution in [0.4, 0.5) is 17.1 Å². The molecule has 0 aliphatic carbocycles. The number of aliphatic imine (C=N–C) groups is 1. The van der Waals surface area contributed by atoms with Crippen LogP contribution in [0.15, 0.2) is 65.7 Å². The van der Waals surface area contributed by atoms with E-state index in [0.29, 0.717) is 0 Å². The number of hydrogen-bond donors (Lipinski definition) is 1. The zero-order chi connectivity index (χ0) is 20.3. The molecular weight excluding hydrogens is 346 g/mol. The second-order valence-corrected chi connectivity index (χ2v) is 7.75. The molecule has 4 nitrogen and oxygen atoms in total. The fraction of sp³-hybridized carbons (Fsp3) is 0.250. The van der Waals surface area contributed by atoms with Gasteiger partial charge in [0.05, 0.1) is 5.69 Å². The molecule has 0 unspecified atom stereocenters. The first kappa shape index (κ1) is 19.6. The Hall–Kier alpha value is -3.14. The van der Waals surface area contributed by atoms with E-state index in [4.69, 9.17) is 0 Å². The van der Waals surface area contributed by atoms with Crippen LogP contribution in [-0.4, -0.2) is 25.7 Å². The summed E-state index contributed by atoms with van der Waals surface area (Å²) in [4.78, 5) is 18.9. The molecule has 2 aromatic rings. The lowest BCUT2D eigenvalue weighted by Crippen LogP contribution is -2.22. The third kappa shape index (κ3) is 4.22. The van der Waals surface area contributed by atoms with Crippen LogP contribution in [-0.2, 0) is 10.2 Å². The number of benzene rings is 2. The first-order valence-electron chi connectivity index (χ1n) is 9.41. The van der Waals surface area contributed by atoms with Crippen LogP contribution in [0.25, 0.3) is 6.08 Å². The maximum atomic E-state index is 12.2. The number of fused-ring (bicyclic) bond motifs is 1. The van der Waals surface area contributed by atoms with Gasteiger partial charge in [0.15, 0.2) is 0 Å². The summed E-state index contributed by atoms with van der Waals surface area (Å²) in [5.74, 6) is -0.152. The molecule has 1 amide bonds. The molecule has 1 aliphatic rings. The lowest BCUT2D eigenvalue weighted by molar-refractivity contribution is -0.111. The van der Waals surface area contributed by atoms with Gasteiger partial charge in [-0.05, 0) is 48.4 Å². The summed E-state index contributed by atoms with van der Waals surface area (Å²) in [5, 5.41) is 2.93. The average molecular weight is 374 g/mol. The molecule has 28 heavy (non-hydrogen) atoms. The molecule has 0 fully saturated rings. The van der Waals surface area contributed by atoms with Crippen molar-refractivity contribution < 1.29 is 4.79 Å². The molecule has 0 atom stereocenters. The molecule has 2 aromatic carbocycles. The molecule has 0 aromatic heterocycles. The van der Waals surface area contributed by atoms with Crippen molar-refractivity contribution in [1.82, 2.24) is 0 Å². The maximum Gasteiger partial charge on any atom is 0.248 e. The van der Waals surface area contributed by atoms with Crippen molar-refractivity contribution in [1.29, 1.82) is 0 Å². The van der Waals surface area contributed by atoms with Gasteiger partial charge in [-0.2, -0.15) is 0 Å². The van der Waals surface area contributed by atoms with Gasteiger partial charge in [0.25, 0.3) is 0 Å². The van der Waals surface area contributed by atoms with Crippen molar-refractivity contribution in [2.24, 2.45) is 4.99 Å². The number of allylic oxidation sites excluding steroid dienone is 2. The lowest BCUT2D eigenvalue weighted by atomic mass is 9.82. The van der Waals surface area contributed by atoms with Crippen molar-refractivity contribution in [2.45, 2.75) is 26.2 Å². The zero-order valence-corrected chi connectivity index (χ0v) is 17.2. The Morgan fingerprint density at radius 1 is 1.07 bits per heavy atom. The molecule has 3 rings (SSSR count). The van der Waals surface area contributed by atoms with Crippen molar-refractivity contribution >= 4 is 34.8 Å². The number of hydrogen-bond acceptors (Lipinski definition) is 3. The van der Waals surface area contributed by atoms with Crippen LogP contribution in [0.2, 0.25) is 0 Å². The summed E-state index contributed by atoms with van der Waals surface area (Å²) in [6.45, 7) is 6.35. The van der Waals surface area contributed by atoms with E-state index in [1.54, 1.807) is 6.08 Å². The van der Waals surface area contributed by atoms with Crippen LogP contribution in [0.3, 0.4) is 0 Å². The number of nitrogens with one attached hydrogen (secondary N) is 1. The molecule has 144 valence electrons. The Morgan fingerprint density at radius 3 is 2.46 bits per heavy atom. The van der Waals surface area contributed by atoms with Crippen LogP contribution in [0, 0.1) is 0 Å². The van der Waals surface area contributed by atoms with E-state index >= 15 is 0 Å². The first-order valence-corrected chi connectivity index (χ1v) is 9.41. The Morgan fingerprint density at radius 2 is 1.79 bits per heavy atom. The smallest absolute Gasteiger partial charge is 0.248 e. The van der Waals surface area contributed by atoms with Crippen molar-refractivity contribution in [2.75, 3.05) is 24.3 Å².